The summed E-state index contributed by atoms with van der Waals surface area (Å²) in [6.07, 6.45) is -15.2. The van der Waals surface area contributed by atoms with Crippen molar-refractivity contribution in [2.75, 3.05) is 26.9 Å². The fourth-order valence-electron chi connectivity index (χ4n) is 8.00. The minimum atomic E-state index is -1.72. The second-order valence-corrected chi connectivity index (χ2v) is 16.8. The molecular weight excluding hydrogens is 1020 g/mol. The molecule has 3 aliphatic heterocycles. The summed E-state index contributed by atoms with van der Waals surface area (Å²) in [5, 5.41) is 0. The van der Waals surface area contributed by atoms with Crippen molar-refractivity contribution >= 4 is 65.7 Å². The van der Waals surface area contributed by atoms with Gasteiger partial charge in [-0.3, -0.25) is 47.9 Å². The minimum absolute atomic E-state index is 0.0159. The van der Waals surface area contributed by atoms with Crippen molar-refractivity contribution in [3.8, 4) is 11.5 Å². The highest BCUT2D eigenvalue weighted by atomic mass is 16.8. The number of benzene rings is 1. The van der Waals surface area contributed by atoms with Crippen LogP contribution in [0.4, 0.5) is 0 Å². The summed E-state index contributed by atoms with van der Waals surface area (Å²) in [6.45, 7) is 9.72. The smallest absolute Gasteiger partial charge is 0.337 e. The van der Waals surface area contributed by atoms with E-state index in [9.17, 15) is 52.7 Å². The van der Waals surface area contributed by atoms with Gasteiger partial charge in [0.1, 0.15) is 25.4 Å². The third kappa shape index (κ3) is 17.7. The molecule has 2 fully saturated rings. The maximum absolute atomic E-state index is 13.7. The molecule has 3 heterocycles. The van der Waals surface area contributed by atoms with Crippen molar-refractivity contribution in [3.05, 3.63) is 47.2 Å². The van der Waals surface area contributed by atoms with Crippen LogP contribution < -0.4 is 9.47 Å². The normalized spacial score (nSPS) is 26.3. The van der Waals surface area contributed by atoms with E-state index in [4.69, 9.17) is 75.8 Å². The highest BCUT2D eigenvalue weighted by molar-refractivity contribution is 5.90. The third-order valence-electron chi connectivity index (χ3n) is 10.8. The van der Waals surface area contributed by atoms with Gasteiger partial charge in [0.25, 0.3) is 0 Å². The largest absolute Gasteiger partial charge is 0.468 e. The summed E-state index contributed by atoms with van der Waals surface area (Å²) in [5.74, 6) is -10.9. The van der Waals surface area contributed by atoms with Gasteiger partial charge in [-0.05, 0) is 24.6 Å². The zero-order valence-corrected chi connectivity index (χ0v) is 43.4. The number of rotatable bonds is 21. The Morgan fingerprint density at radius 2 is 1.03 bits per heavy atom. The molecule has 0 amide bonds. The van der Waals surface area contributed by atoms with Crippen molar-refractivity contribution in [2.24, 2.45) is 5.92 Å². The summed E-state index contributed by atoms with van der Waals surface area (Å²) >= 11 is 0. The van der Waals surface area contributed by atoms with E-state index in [0.29, 0.717) is 5.56 Å². The van der Waals surface area contributed by atoms with E-state index in [0.717, 1.165) is 75.7 Å². The predicted octanol–water partition coefficient (Wildman–Crippen LogP) is 1.63. The van der Waals surface area contributed by atoms with Gasteiger partial charge in [0.2, 0.25) is 25.0 Å². The van der Waals surface area contributed by atoms with Crippen LogP contribution in [0.5, 0.6) is 11.5 Å². The Hall–Kier alpha value is -7.65. The van der Waals surface area contributed by atoms with Crippen molar-refractivity contribution in [3.63, 3.8) is 0 Å². The number of ether oxygens (including phenoxy) is 16. The highest BCUT2D eigenvalue weighted by Gasteiger charge is 2.55. The molecule has 4 rings (SSSR count). The Bertz CT molecular complexity index is 2410. The molecule has 27 nitrogen and oxygen atoms in total. The predicted molar refractivity (Wildman–Crippen MR) is 245 cm³/mol. The zero-order chi connectivity index (χ0) is 56.6. The molecule has 0 aliphatic carbocycles. The molecule has 27 heteroatoms. The van der Waals surface area contributed by atoms with Gasteiger partial charge >= 0.3 is 65.7 Å². The molecule has 0 saturated carbocycles. The lowest BCUT2D eigenvalue weighted by molar-refractivity contribution is -0.331. The van der Waals surface area contributed by atoms with Gasteiger partial charge in [0.15, 0.2) is 42.0 Å². The number of hydrogen-bond donors (Lipinski definition) is 0. The van der Waals surface area contributed by atoms with Crippen molar-refractivity contribution in [1.82, 2.24) is 0 Å². The summed E-state index contributed by atoms with van der Waals surface area (Å²) in [6, 6.07) is 4.19. The van der Waals surface area contributed by atoms with E-state index in [1.807, 2.05) is 0 Å². The van der Waals surface area contributed by atoms with Crippen molar-refractivity contribution < 1.29 is 129 Å². The number of hydrogen-bond acceptors (Lipinski definition) is 27. The molecule has 418 valence electrons. The summed E-state index contributed by atoms with van der Waals surface area (Å²) in [4.78, 5) is 137. The molecule has 76 heavy (non-hydrogen) atoms. The quantitative estimate of drug-likeness (QED) is 0.0730. The highest BCUT2D eigenvalue weighted by Crippen LogP contribution is 2.39. The fraction of sp³-hybridized carbons (Fsp3) is 0.571. The maximum Gasteiger partial charge on any atom is 0.337 e. The molecule has 3 unspecified atom stereocenters. The first-order valence-electron chi connectivity index (χ1n) is 23.3. The number of carbonyl (C=O) groups excluding carboxylic acids is 11. The van der Waals surface area contributed by atoms with E-state index >= 15 is 0 Å². The Morgan fingerprint density at radius 3 is 1.49 bits per heavy atom. The van der Waals surface area contributed by atoms with E-state index in [1.54, 1.807) is 0 Å². The van der Waals surface area contributed by atoms with Gasteiger partial charge in [-0.1, -0.05) is 12.1 Å². The molecule has 0 radical (unpaired) electrons. The number of methoxy groups -OCH3 is 1. The molecule has 2 saturated heterocycles. The SMILES string of the molecule is C/C=C1\C(CC(=O)OCCc2ccc(OC3O[C@H](COC(C)=O)[C@@H](OC(C)=O)[C@H](OC(C)=O)[C@H]3OC(C)=O)c(OC(C)=O)c2)C(C(=O)OC)=CO[C@H]1OC1O[C@H](COC(C)=O)[C@@H](OC(C)=O)[C@H](OC(C)=O)[C@H]1OC(C)=O. The van der Waals surface area contributed by atoms with Crippen LogP contribution in [-0.4, -0.2) is 160 Å². The topological polar surface area (TPSA) is 335 Å². The van der Waals surface area contributed by atoms with E-state index in [2.05, 4.69) is 0 Å². The van der Waals surface area contributed by atoms with Crippen LogP contribution >= 0.6 is 0 Å². The Balaban J connectivity index is 1.59. The molecule has 12 atom stereocenters. The molecule has 0 spiro atoms. The number of esters is 11. The van der Waals surface area contributed by atoms with Gasteiger partial charge in [-0.25, -0.2) is 4.79 Å². The van der Waals surface area contributed by atoms with Crippen LogP contribution in [0.1, 0.15) is 81.2 Å². The molecule has 1 aromatic carbocycles. The van der Waals surface area contributed by atoms with Gasteiger partial charge in [-0.15, -0.1) is 0 Å². The Kier molecular flexibility index (Phi) is 22.7. The van der Waals surface area contributed by atoms with Crippen LogP contribution in [0.25, 0.3) is 0 Å². The van der Waals surface area contributed by atoms with Crippen molar-refractivity contribution in [1.29, 1.82) is 0 Å². The lowest BCUT2D eigenvalue weighted by Gasteiger charge is -2.45. The number of allylic oxidation sites excluding steroid dienone is 1. The van der Waals surface area contributed by atoms with Crippen LogP contribution in [0.15, 0.2) is 41.7 Å². The summed E-state index contributed by atoms with van der Waals surface area (Å²) in [5.41, 5.74) is 0.393. The van der Waals surface area contributed by atoms with Gasteiger partial charge in [0.05, 0.1) is 32.0 Å². The first-order chi connectivity index (χ1) is 35.8. The molecular formula is C49H60O27. The van der Waals surface area contributed by atoms with E-state index < -0.39 is 159 Å². The standard InChI is InChI=1S/C49H60O27/c1-12-32-33(34(46(60)61-11)19-65-47(32)76-49-45(72-30(10)58)43(70-28(8)56)41(68-26(6)54)38(75-49)21-64-23(3)51)18-39(59)62-16-15-31-13-14-35(36(17-31)66-24(4)52)73-48-44(71-29(9)57)42(69-27(7)55)40(67-25(5)53)37(74-48)20-63-22(2)50/h12-14,17,19,33,37-38,40-45,47-49H,15-16,18,20-21H2,1-11H3/b32-12+/t33?,37-,38-,40-,41-,42+,43+,44-,45-,47+,48?,49?/m1/s1. The van der Waals surface area contributed by atoms with Crippen LogP contribution in [0.3, 0.4) is 0 Å². The molecule has 3 aliphatic rings. The summed E-state index contributed by atoms with van der Waals surface area (Å²) < 4.78 is 89.1. The third-order valence-corrected chi connectivity index (χ3v) is 10.8. The zero-order valence-electron chi connectivity index (χ0n) is 43.4. The Labute approximate surface area is 434 Å². The van der Waals surface area contributed by atoms with E-state index in [-0.39, 0.29) is 35.7 Å². The molecule has 0 bridgehead atoms. The number of carbonyl (C=O) groups is 11. The van der Waals surface area contributed by atoms with Crippen LogP contribution in [0.2, 0.25) is 0 Å². The van der Waals surface area contributed by atoms with Gasteiger partial charge in [0, 0.05) is 80.2 Å². The molecule has 0 N–H and O–H groups in total. The molecule has 0 aromatic heterocycles. The Morgan fingerprint density at radius 1 is 0.553 bits per heavy atom. The maximum atomic E-state index is 13.7. The first-order valence-corrected chi connectivity index (χ1v) is 23.3. The van der Waals surface area contributed by atoms with Gasteiger partial charge < -0.3 is 75.8 Å². The summed E-state index contributed by atoms with van der Waals surface area (Å²) in [7, 11) is 1.10. The first kappa shape index (κ1) is 60.9. The fourth-order valence-corrected chi connectivity index (χ4v) is 8.00. The molecule has 1 aromatic rings. The minimum Gasteiger partial charge on any atom is -0.468 e. The van der Waals surface area contributed by atoms with Crippen molar-refractivity contribution in [2.45, 2.75) is 150 Å². The van der Waals surface area contributed by atoms with Gasteiger partial charge in [-0.2, -0.15) is 0 Å². The average molecular weight is 1080 g/mol. The lowest BCUT2D eigenvalue weighted by atomic mass is 9.86. The van der Waals surface area contributed by atoms with E-state index in [1.165, 1.54) is 31.2 Å². The van der Waals surface area contributed by atoms with Crippen LogP contribution in [0, 0.1) is 5.92 Å². The average Bonchev–Trinajstić information content (AvgIpc) is 3.31. The second-order valence-electron chi connectivity index (χ2n) is 16.8. The lowest BCUT2D eigenvalue weighted by Crippen LogP contribution is -2.63. The van der Waals surface area contributed by atoms with Crippen LogP contribution in [-0.2, 0) is 125 Å². The second kappa shape index (κ2) is 28.3. The monoisotopic (exact) mass is 1080 g/mol.